The average Bonchev–Trinajstić information content (AvgIpc) is 2.40. The molecule has 2 aromatic carbocycles. The van der Waals surface area contributed by atoms with Crippen molar-refractivity contribution in [3.63, 3.8) is 0 Å². The summed E-state index contributed by atoms with van der Waals surface area (Å²) in [6.45, 7) is 0.349. The van der Waals surface area contributed by atoms with E-state index < -0.39 is 0 Å². The molecule has 0 spiro atoms. The molecule has 1 amide bonds. The number of hydrogen-bond acceptors (Lipinski definition) is 2. The summed E-state index contributed by atoms with van der Waals surface area (Å²) in [6, 6.07) is 11.5. The van der Waals surface area contributed by atoms with Gasteiger partial charge in [-0.25, -0.2) is 0 Å². The molecule has 19 heavy (non-hydrogen) atoms. The second-order valence-corrected chi connectivity index (χ2v) is 4.84. The number of hydrogen-bond donors (Lipinski definition) is 2. The molecule has 0 aliphatic heterocycles. The Bertz CT molecular complexity index is 597. The first-order valence-electron chi connectivity index (χ1n) is 5.57. The van der Waals surface area contributed by atoms with Crippen molar-refractivity contribution in [3.8, 4) is 5.75 Å². The molecule has 0 heterocycles. The van der Waals surface area contributed by atoms with E-state index in [-0.39, 0.29) is 17.2 Å². The Balaban J connectivity index is 2.05. The quantitative estimate of drug-likeness (QED) is 0.908. The van der Waals surface area contributed by atoms with E-state index in [1.807, 2.05) is 12.1 Å². The Morgan fingerprint density at radius 1 is 1.05 bits per heavy atom. The molecule has 2 N–H and O–H groups in total. The van der Waals surface area contributed by atoms with Crippen molar-refractivity contribution >= 4 is 29.1 Å². The fourth-order valence-electron chi connectivity index (χ4n) is 1.57. The first-order chi connectivity index (χ1) is 9.06. The molecule has 0 saturated heterocycles. The topological polar surface area (TPSA) is 49.3 Å². The van der Waals surface area contributed by atoms with Gasteiger partial charge in [-0.1, -0.05) is 35.3 Å². The Kier molecular flexibility index (Phi) is 4.30. The van der Waals surface area contributed by atoms with Crippen molar-refractivity contribution < 1.29 is 9.90 Å². The van der Waals surface area contributed by atoms with Crippen LogP contribution in [0, 0.1) is 0 Å². The Morgan fingerprint density at radius 2 is 1.68 bits per heavy atom. The highest BCUT2D eigenvalue weighted by atomic mass is 35.5. The standard InChI is InChI=1S/C14H11Cl2NO2/c15-10-3-1-9(2-4-10)8-17-14(19)12-7-11(16)5-6-13(12)18/h1-7,18H,8H2,(H,17,19). The number of carbonyl (C=O) groups is 1. The molecule has 3 nitrogen and oxygen atoms in total. The smallest absolute Gasteiger partial charge is 0.255 e. The van der Waals surface area contributed by atoms with E-state index in [0.717, 1.165) is 5.56 Å². The zero-order chi connectivity index (χ0) is 13.8. The fourth-order valence-corrected chi connectivity index (χ4v) is 1.87. The minimum Gasteiger partial charge on any atom is -0.507 e. The number of rotatable bonds is 3. The van der Waals surface area contributed by atoms with Gasteiger partial charge in [-0.3, -0.25) is 4.79 Å². The number of benzene rings is 2. The molecule has 0 aromatic heterocycles. The van der Waals surface area contributed by atoms with E-state index in [4.69, 9.17) is 23.2 Å². The molecule has 2 rings (SSSR count). The van der Waals surface area contributed by atoms with Gasteiger partial charge < -0.3 is 10.4 Å². The second kappa shape index (κ2) is 5.95. The van der Waals surface area contributed by atoms with E-state index in [0.29, 0.717) is 16.6 Å². The number of amides is 1. The van der Waals surface area contributed by atoms with Gasteiger partial charge in [0.2, 0.25) is 0 Å². The summed E-state index contributed by atoms with van der Waals surface area (Å²) in [4.78, 5) is 11.9. The van der Waals surface area contributed by atoms with Gasteiger partial charge in [0.05, 0.1) is 5.56 Å². The van der Waals surface area contributed by atoms with E-state index >= 15 is 0 Å². The van der Waals surface area contributed by atoms with Crippen molar-refractivity contribution in [3.05, 3.63) is 63.6 Å². The number of nitrogens with one attached hydrogen (secondary N) is 1. The second-order valence-electron chi connectivity index (χ2n) is 3.97. The Morgan fingerprint density at radius 3 is 2.37 bits per heavy atom. The van der Waals surface area contributed by atoms with Gasteiger partial charge in [0, 0.05) is 16.6 Å². The van der Waals surface area contributed by atoms with Crippen LogP contribution in [0.3, 0.4) is 0 Å². The van der Waals surface area contributed by atoms with Crippen LogP contribution >= 0.6 is 23.2 Å². The fraction of sp³-hybridized carbons (Fsp3) is 0.0714. The number of phenolic OH excluding ortho intramolecular Hbond substituents is 1. The predicted molar refractivity (Wildman–Crippen MR) is 75.7 cm³/mol. The third-order valence-electron chi connectivity index (χ3n) is 2.57. The Labute approximate surface area is 120 Å². The highest BCUT2D eigenvalue weighted by molar-refractivity contribution is 6.31. The largest absolute Gasteiger partial charge is 0.507 e. The number of halogens is 2. The van der Waals surface area contributed by atoms with E-state index in [9.17, 15) is 9.90 Å². The van der Waals surface area contributed by atoms with Crippen LogP contribution in [0.25, 0.3) is 0 Å². The van der Waals surface area contributed by atoms with Crippen LogP contribution in [-0.4, -0.2) is 11.0 Å². The molecule has 2 aromatic rings. The predicted octanol–water partition coefficient (Wildman–Crippen LogP) is 3.63. The lowest BCUT2D eigenvalue weighted by Gasteiger charge is -2.07. The lowest BCUT2D eigenvalue weighted by Crippen LogP contribution is -2.22. The van der Waals surface area contributed by atoms with Gasteiger partial charge in [-0.05, 0) is 35.9 Å². The van der Waals surface area contributed by atoms with E-state index in [2.05, 4.69) is 5.32 Å². The number of carbonyl (C=O) groups excluding carboxylic acids is 1. The highest BCUT2D eigenvalue weighted by Crippen LogP contribution is 2.21. The van der Waals surface area contributed by atoms with Crippen LogP contribution in [0.2, 0.25) is 10.0 Å². The number of aromatic hydroxyl groups is 1. The molecule has 0 bridgehead atoms. The molecule has 0 fully saturated rings. The van der Waals surface area contributed by atoms with Crippen molar-refractivity contribution in [1.82, 2.24) is 5.32 Å². The third-order valence-corrected chi connectivity index (χ3v) is 3.06. The first kappa shape index (κ1) is 13.7. The molecule has 0 saturated carbocycles. The molecule has 0 aliphatic carbocycles. The first-order valence-corrected chi connectivity index (χ1v) is 6.33. The molecule has 0 aliphatic rings. The SMILES string of the molecule is O=C(NCc1ccc(Cl)cc1)c1cc(Cl)ccc1O. The van der Waals surface area contributed by atoms with Gasteiger partial charge in [0.15, 0.2) is 0 Å². The molecular formula is C14H11Cl2NO2. The lowest BCUT2D eigenvalue weighted by molar-refractivity contribution is 0.0948. The zero-order valence-electron chi connectivity index (χ0n) is 9.86. The maximum Gasteiger partial charge on any atom is 0.255 e. The summed E-state index contributed by atoms with van der Waals surface area (Å²) >= 11 is 11.6. The third kappa shape index (κ3) is 3.63. The number of phenols is 1. The summed E-state index contributed by atoms with van der Waals surface area (Å²) in [5, 5.41) is 13.3. The molecule has 0 atom stereocenters. The van der Waals surface area contributed by atoms with Crippen molar-refractivity contribution in [1.29, 1.82) is 0 Å². The van der Waals surface area contributed by atoms with Gasteiger partial charge >= 0.3 is 0 Å². The summed E-state index contributed by atoms with van der Waals surface area (Å²) in [5.74, 6) is -0.479. The van der Waals surface area contributed by atoms with Crippen molar-refractivity contribution in [2.45, 2.75) is 6.54 Å². The molecule has 0 unspecified atom stereocenters. The van der Waals surface area contributed by atoms with Gasteiger partial charge in [-0.15, -0.1) is 0 Å². The normalized spacial score (nSPS) is 10.2. The highest BCUT2D eigenvalue weighted by Gasteiger charge is 2.11. The maximum atomic E-state index is 11.9. The van der Waals surface area contributed by atoms with Crippen LogP contribution in [0.1, 0.15) is 15.9 Å². The van der Waals surface area contributed by atoms with Crippen LogP contribution in [-0.2, 0) is 6.54 Å². The molecular weight excluding hydrogens is 285 g/mol. The summed E-state index contributed by atoms with van der Waals surface area (Å²) < 4.78 is 0. The maximum absolute atomic E-state index is 11.9. The lowest BCUT2D eigenvalue weighted by atomic mass is 10.1. The molecule has 98 valence electrons. The zero-order valence-corrected chi connectivity index (χ0v) is 11.4. The summed E-state index contributed by atoms with van der Waals surface area (Å²) in [6.07, 6.45) is 0. The average molecular weight is 296 g/mol. The minimum atomic E-state index is -0.380. The van der Waals surface area contributed by atoms with Crippen LogP contribution in [0.15, 0.2) is 42.5 Å². The minimum absolute atomic E-state index is 0.0991. The monoisotopic (exact) mass is 295 g/mol. The van der Waals surface area contributed by atoms with Crippen LogP contribution in [0.4, 0.5) is 0 Å². The summed E-state index contributed by atoms with van der Waals surface area (Å²) in [7, 11) is 0. The van der Waals surface area contributed by atoms with E-state index in [1.165, 1.54) is 18.2 Å². The Hall–Kier alpha value is -1.71. The van der Waals surface area contributed by atoms with E-state index in [1.54, 1.807) is 12.1 Å². The molecule has 5 heteroatoms. The molecule has 0 radical (unpaired) electrons. The van der Waals surface area contributed by atoms with Crippen LogP contribution in [0.5, 0.6) is 5.75 Å². The van der Waals surface area contributed by atoms with Crippen LogP contribution < -0.4 is 5.32 Å². The van der Waals surface area contributed by atoms with Gasteiger partial charge in [0.25, 0.3) is 5.91 Å². The summed E-state index contributed by atoms with van der Waals surface area (Å²) in [5.41, 5.74) is 1.07. The van der Waals surface area contributed by atoms with Gasteiger partial charge in [-0.2, -0.15) is 0 Å². The van der Waals surface area contributed by atoms with Crippen molar-refractivity contribution in [2.75, 3.05) is 0 Å². The van der Waals surface area contributed by atoms with Crippen molar-refractivity contribution in [2.24, 2.45) is 0 Å². The van der Waals surface area contributed by atoms with Gasteiger partial charge in [0.1, 0.15) is 5.75 Å².